The summed E-state index contributed by atoms with van der Waals surface area (Å²) in [5.74, 6) is 0.694. The van der Waals surface area contributed by atoms with Crippen molar-refractivity contribution in [1.29, 1.82) is 0 Å². The minimum absolute atomic E-state index is 0.275. The van der Waals surface area contributed by atoms with Gasteiger partial charge in [-0.3, -0.25) is 18.3 Å². The van der Waals surface area contributed by atoms with Crippen molar-refractivity contribution in [3.8, 4) is 0 Å². The highest BCUT2D eigenvalue weighted by Crippen LogP contribution is 2.17. The molecule has 0 aliphatic rings. The third kappa shape index (κ3) is 2.70. The van der Waals surface area contributed by atoms with Crippen LogP contribution < -0.4 is 11.2 Å². The summed E-state index contributed by atoms with van der Waals surface area (Å²) in [5, 5.41) is 0. The fourth-order valence-electron chi connectivity index (χ4n) is 3.64. The third-order valence-electron chi connectivity index (χ3n) is 5.05. The van der Waals surface area contributed by atoms with Crippen LogP contribution in [0.25, 0.3) is 16.9 Å². The Hall–Kier alpha value is -3.09. The number of rotatable bonds is 5. The van der Waals surface area contributed by atoms with Gasteiger partial charge in [-0.25, -0.2) is 4.79 Å². The topological polar surface area (TPSA) is 66.2 Å². The van der Waals surface area contributed by atoms with Gasteiger partial charge in [-0.05, 0) is 25.3 Å². The van der Waals surface area contributed by atoms with E-state index in [9.17, 15) is 9.59 Å². The molecule has 0 aliphatic carbocycles. The van der Waals surface area contributed by atoms with Crippen LogP contribution in [-0.2, 0) is 26.6 Å². The summed E-state index contributed by atoms with van der Waals surface area (Å²) >= 11 is 0. The lowest BCUT2D eigenvalue weighted by atomic mass is 10.1. The van der Waals surface area contributed by atoms with Gasteiger partial charge < -0.3 is 4.57 Å². The van der Waals surface area contributed by atoms with E-state index in [0.29, 0.717) is 23.5 Å². The lowest BCUT2D eigenvalue weighted by molar-refractivity contribution is 0.592. The molecule has 0 atom stereocenters. The fraction of sp³-hybridized carbons (Fsp3) is 0.350. The first kappa shape index (κ1) is 17.3. The van der Waals surface area contributed by atoms with Gasteiger partial charge in [0.1, 0.15) is 0 Å². The SMILES string of the molecule is CCCn1c(=O)c2c(nc3n(CCc4ccccc4)c(C)cn23)n(C)c1=O. The Morgan fingerprint density at radius 3 is 2.48 bits per heavy atom. The van der Waals surface area contributed by atoms with Gasteiger partial charge in [-0.2, -0.15) is 4.98 Å². The van der Waals surface area contributed by atoms with Crippen molar-refractivity contribution in [2.24, 2.45) is 7.05 Å². The van der Waals surface area contributed by atoms with Crippen LogP contribution in [0, 0.1) is 6.92 Å². The van der Waals surface area contributed by atoms with E-state index in [4.69, 9.17) is 0 Å². The number of aryl methyl sites for hydroxylation is 4. The van der Waals surface area contributed by atoms with Crippen LogP contribution in [0.3, 0.4) is 0 Å². The van der Waals surface area contributed by atoms with Crippen molar-refractivity contribution in [3.05, 3.63) is 68.6 Å². The second-order valence-electron chi connectivity index (χ2n) is 6.91. The molecule has 0 radical (unpaired) electrons. The van der Waals surface area contributed by atoms with Crippen molar-refractivity contribution < 1.29 is 0 Å². The maximum absolute atomic E-state index is 12.9. The van der Waals surface area contributed by atoms with Gasteiger partial charge >= 0.3 is 5.69 Å². The van der Waals surface area contributed by atoms with Crippen LogP contribution in [0.1, 0.15) is 24.6 Å². The van der Waals surface area contributed by atoms with Crippen molar-refractivity contribution in [2.45, 2.75) is 39.8 Å². The summed E-state index contributed by atoms with van der Waals surface area (Å²) in [5.41, 5.74) is 2.58. The van der Waals surface area contributed by atoms with Gasteiger partial charge in [0.2, 0.25) is 5.78 Å². The number of imidazole rings is 2. The van der Waals surface area contributed by atoms with Gasteiger partial charge in [0.25, 0.3) is 5.56 Å². The first-order chi connectivity index (χ1) is 13.0. The lowest BCUT2D eigenvalue weighted by Gasteiger charge is -2.06. The Bertz CT molecular complexity index is 1240. The average molecular weight is 365 g/mol. The highest BCUT2D eigenvalue weighted by molar-refractivity contribution is 5.75. The van der Waals surface area contributed by atoms with E-state index in [0.717, 1.165) is 25.1 Å². The summed E-state index contributed by atoms with van der Waals surface area (Å²) < 4.78 is 6.69. The first-order valence-electron chi connectivity index (χ1n) is 9.24. The van der Waals surface area contributed by atoms with Crippen molar-refractivity contribution in [2.75, 3.05) is 0 Å². The zero-order chi connectivity index (χ0) is 19.1. The average Bonchev–Trinajstić information content (AvgIpc) is 3.17. The monoisotopic (exact) mass is 365 g/mol. The van der Waals surface area contributed by atoms with Crippen LogP contribution in [0.5, 0.6) is 0 Å². The second kappa shape index (κ2) is 6.57. The zero-order valence-electron chi connectivity index (χ0n) is 15.8. The molecule has 3 aromatic heterocycles. The molecule has 140 valence electrons. The van der Waals surface area contributed by atoms with Crippen LogP contribution in [0.15, 0.2) is 46.1 Å². The molecular weight excluding hydrogens is 342 g/mol. The highest BCUT2D eigenvalue weighted by Gasteiger charge is 2.19. The predicted molar refractivity (Wildman–Crippen MR) is 105 cm³/mol. The number of hydrogen-bond acceptors (Lipinski definition) is 3. The van der Waals surface area contributed by atoms with Crippen LogP contribution in [0.4, 0.5) is 0 Å². The van der Waals surface area contributed by atoms with Crippen LogP contribution in [0.2, 0.25) is 0 Å². The molecule has 4 rings (SSSR count). The molecule has 0 aliphatic heterocycles. The Morgan fingerprint density at radius 2 is 1.78 bits per heavy atom. The molecule has 0 bridgehead atoms. The largest absolute Gasteiger partial charge is 0.332 e. The normalized spacial score (nSPS) is 11.7. The molecule has 0 spiro atoms. The molecule has 0 N–H and O–H groups in total. The van der Waals surface area contributed by atoms with E-state index in [1.165, 1.54) is 14.7 Å². The van der Waals surface area contributed by atoms with E-state index in [1.54, 1.807) is 7.05 Å². The van der Waals surface area contributed by atoms with E-state index < -0.39 is 0 Å². The lowest BCUT2D eigenvalue weighted by Crippen LogP contribution is -2.39. The first-order valence-corrected chi connectivity index (χ1v) is 9.24. The summed E-state index contributed by atoms with van der Waals surface area (Å²) in [7, 11) is 1.67. The van der Waals surface area contributed by atoms with E-state index in [-0.39, 0.29) is 11.2 Å². The molecule has 7 heteroatoms. The zero-order valence-corrected chi connectivity index (χ0v) is 15.8. The van der Waals surface area contributed by atoms with Crippen molar-refractivity contribution in [1.82, 2.24) is 23.1 Å². The number of benzene rings is 1. The van der Waals surface area contributed by atoms with E-state index in [1.807, 2.05) is 42.6 Å². The Morgan fingerprint density at radius 1 is 1.04 bits per heavy atom. The molecule has 0 amide bonds. The summed E-state index contributed by atoms with van der Waals surface area (Å²) in [6.07, 6.45) is 3.52. The summed E-state index contributed by atoms with van der Waals surface area (Å²) in [4.78, 5) is 30.1. The Balaban J connectivity index is 1.89. The van der Waals surface area contributed by atoms with Gasteiger partial charge in [-0.1, -0.05) is 37.3 Å². The second-order valence-corrected chi connectivity index (χ2v) is 6.91. The maximum atomic E-state index is 12.9. The minimum atomic E-state index is -0.317. The molecule has 0 fully saturated rings. The molecule has 7 nitrogen and oxygen atoms in total. The van der Waals surface area contributed by atoms with Crippen molar-refractivity contribution >= 4 is 16.9 Å². The minimum Gasteiger partial charge on any atom is -0.314 e. The predicted octanol–water partition coefficient (Wildman–Crippen LogP) is 2.11. The standard InChI is InChI=1S/C20H23N5O2/c1-4-11-24-18(26)16-17(22(3)20(24)27)21-19-23(14(2)13-25(16)19)12-10-15-8-6-5-7-9-15/h5-9,13H,4,10-12H2,1-3H3. The number of aromatic nitrogens is 5. The summed E-state index contributed by atoms with van der Waals surface area (Å²) in [6, 6.07) is 10.3. The Kier molecular flexibility index (Phi) is 4.22. The molecule has 0 saturated heterocycles. The molecular formula is C20H23N5O2. The molecule has 1 aromatic carbocycles. The van der Waals surface area contributed by atoms with Gasteiger partial charge in [0, 0.05) is 32.0 Å². The molecule has 27 heavy (non-hydrogen) atoms. The number of fused-ring (bicyclic) bond motifs is 3. The fourth-order valence-corrected chi connectivity index (χ4v) is 3.64. The van der Waals surface area contributed by atoms with Crippen molar-refractivity contribution in [3.63, 3.8) is 0 Å². The van der Waals surface area contributed by atoms with E-state index >= 15 is 0 Å². The number of hydrogen-bond donors (Lipinski definition) is 0. The summed E-state index contributed by atoms with van der Waals surface area (Å²) in [6.45, 7) is 5.12. The van der Waals surface area contributed by atoms with Crippen LogP contribution >= 0.6 is 0 Å². The number of nitrogens with zero attached hydrogens (tertiary/aromatic N) is 5. The highest BCUT2D eigenvalue weighted by atomic mass is 16.2. The van der Waals surface area contributed by atoms with Gasteiger partial charge in [0.05, 0.1) is 0 Å². The Labute approximate surface area is 156 Å². The van der Waals surface area contributed by atoms with E-state index in [2.05, 4.69) is 21.7 Å². The molecule has 3 heterocycles. The maximum Gasteiger partial charge on any atom is 0.332 e. The van der Waals surface area contributed by atoms with Crippen LogP contribution in [-0.4, -0.2) is 23.1 Å². The molecule has 0 saturated carbocycles. The smallest absolute Gasteiger partial charge is 0.314 e. The molecule has 0 unspecified atom stereocenters. The molecule has 4 aromatic rings. The van der Waals surface area contributed by atoms with Gasteiger partial charge in [0.15, 0.2) is 11.2 Å². The third-order valence-corrected chi connectivity index (χ3v) is 5.05. The van der Waals surface area contributed by atoms with Gasteiger partial charge in [-0.15, -0.1) is 0 Å². The quantitative estimate of drug-likeness (QED) is 0.544.